The van der Waals surface area contributed by atoms with Crippen LogP contribution in [0.25, 0.3) is 0 Å². The van der Waals surface area contributed by atoms with E-state index in [2.05, 4.69) is 0 Å². The number of rotatable bonds is 4. The quantitative estimate of drug-likeness (QED) is 0.732. The third-order valence-corrected chi connectivity index (χ3v) is 3.48. The van der Waals surface area contributed by atoms with E-state index in [-0.39, 0.29) is 17.8 Å². The van der Waals surface area contributed by atoms with Gasteiger partial charge in [0.05, 0.1) is 6.10 Å². The molecule has 0 bridgehead atoms. The van der Waals surface area contributed by atoms with E-state index in [1.165, 1.54) is 6.07 Å². The standard InChI is InChI=1S/C13H16ClFO/c14-9-10(8-11-4-3-7-16-11)12-5-1-2-6-13(12)15/h1-2,5-6,10-11H,3-4,7-9H2. The van der Waals surface area contributed by atoms with Crippen LogP contribution in [-0.4, -0.2) is 18.6 Å². The topological polar surface area (TPSA) is 9.23 Å². The summed E-state index contributed by atoms with van der Waals surface area (Å²) in [5, 5.41) is 0. The summed E-state index contributed by atoms with van der Waals surface area (Å²) in [6.07, 6.45) is 3.26. The van der Waals surface area contributed by atoms with E-state index < -0.39 is 0 Å². The van der Waals surface area contributed by atoms with E-state index in [0.29, 0.717) is 11.4 Å². The molecule has 88 valence electrons. The van der Waals surface area contributed by atoms with Gasteiger partial charge in [0, 0.05) is 18.4 Å². The van der Waals surface area contributed by atoms with Gasteiger partial charge in [0.15, 0.2) is 0 Å². The zero-order chi connectivity index (χ0) is 11.4. The lowest BCUT2D eigenvalue weighted by atomic mass is 9.93. The normalized spacial score (nSPS) is 22.2. The highest BCUT2D eigenvalue weighted by atomic mass is 35.5. The average molecular weight is 243 g/mol. The largest absolute Gasteiger partial charge is 0.378 e. The van der Waals surface area contributed by atoms with Crippen LogP contribution in [0.5, 0.6) is 0 Å². The fourth-order valence-electron chi connectivity index (χ4n) is 2.23. The molecule has 0 radical (unpaired) electrons. The molecule has 0 N–H and O–H groups in total. The van der Waals surface area contributed by atoms with Crippen molar-refractivity contribution in [1.29, 1.82) is 0 Å². The van der Waals surface area contributed by atoms with Gasteiger partial charge in [-0.2, -0.15) is 0 Å². The Bertz CT molecular complexity index is 336. The first-order valence-corrected chi connectivity index (χ1v) is 6.26. The fourth-order valence-corrected chi connectivity index (χ4v) is 2.52. The summed E-state index contributed by atoms with van der Waals surface area (Å²) in [6.45, 7) is 0.830. The molecular formula is C13H16ClFO. The summed E-state index contributed by atoms with van der Waals surface area (Å²) in [5.41, 5.74) is 0.716. The monoisotopic (exact) mass is 242 g/mol. The molecule has 0 aromatic heterocycles. The highest BCUT2D eigenvalue weighted by Crippen LogP contribution is 2.29. The van der Waals surface area contributed by atoms with Crippen molar-refractivity contribution < 1.29 is 9.13 Å². The third-order valence-electron chi connectivity index (χ3n) is 3.10. The van der Waals surface area contributed by atoms with Gasteiger partial charge in [-0.15, -0.1) is 11.6 Å². The molecule has 0 saturated carbocycles. The molecule has 1 aliphatic rings. The lowest BCUT2D eigenvalue weighted by Crippen LogP contribution is -2.13. The predicted octanol–water partition coefficient (Wildman–Crippen LogP) is 3.72. The Balaban J connectivity index is 2.06. The molecule has 1 aromatic rings. The molecule has 0 aliphatic carbocycles. The number of ether oxygens (including phenoxy) is 1. The van der Waals surface area contributed by atoms with Crippen LogP contribution in [0.15, 0.2) is 24.3 Å². The Labute approximate surface area is 101 Å². The highest BCUT2D eigenvalue weighted by molar-refractivity contribution is 6.18. The summed E-state index contributed by atoms with van der Waals surface area (Å²) in [7, 11) is 0. The van der Waals surface area contributed by atoms with Crippen molar-refractivity contribution in [2.45, 2.75) is 31.3 Å². The maximum Gasteiger partial charge on any atom is 0.126 e. The second kappa shape index (κ2) is 5.65. The molecule has 2 atom stereocenters. The molecule has 1 saturated heterocycles. The Morgan fingerprint density at radius 2 is 2.25 bits per heavy atom. The molecular weight excluding hydrogens is 227 g/mol. The second-order valence-corrected chi connectivity index (χ2v) is 4.55. The summed E-state index contributed by atoms with van der Waals surface area (Å²) < 4.78 is 19.2. The molecule has 1 nitrogen and oxygen atoms in total. The number of benzene rings is 1. The van der Waals surface area contributed by atoms with Gasteiger partial charge in [-0.3, -0.25) is 0 Å². The number of hydrogen-bond donors (Lipinski definition) is 0. The van der Waals surface area contributed by atoms with E-state index in [0.717, 1.165) is 25.9 Å². The van der Waals surface area contributed by atoms with E-state index in [1.54, 1.807) is 6.07 Å². The van der Waals surface area contributed by atoms with E-state index >= 15 is 0 Å². The van der Waals surface area contributed by atoms with E-state index in [9.17, 15) is 4.39 Å². The molecule has 0 amide bonds. The number of hydrogen-bond acceptors (Lipinski definition) is 1. The molecule has 3 heteroatoms. The minimum atomic E-state index is -0.161. The molecule has 0 spiro atoms. The lowest BCUT2D eigenvalue weighted by Gasteiger charge is -2.18. The van der Waals surface area contributed by atoms with Crippen LogP contribution in [0.4, 0.5) is 4.39 Å². The lowest BCUT2D eigenvalue weighted by molar-refractivity contribution is 0.0992. The Hall–Kier alpha value is -0.600. The number of halogens is 2. The molecule has 2 rings (SSSR count). The zero-order valence-corrected chi connectivity index (χ0v) is 9.92. The van der Waals surface area contributed by atoms with Crippen molar-refractivity contribution in [2.24, 2.45) is 0 Å². The summed E-state index contributed by atoms with van der Waals surface area (Å²) in [5.74, 6) is 0.345. The van der Waals surface area contributed by atoms with Crippen LogP contribution in [0.1, 0.15) is 30.7 Å². The van der Waals surface area contributed by atoms with Gasteiger partial charge in [-0.05, 0) is 30.9 Å². The van der Waals surface area contributed by atoms with Crippen LogP contribution in [-0.2, 0) is 4.74 Å². The zero-order valence-electron chi connectivity index (χ0n) is 9.16. The van der Waals surface area contributed by atoms with Gasteiger partial charge in [0.1, 0.15) is 5.82 Å². The minimum absolute atomic E-state index is 0.0611. The van der Waals surface area contributed by atoms with Crippen molar-refractivity contribution in [3.8, 4) is 0 Å². The van der Waals surface area contributed by atoms with Crippen LogP contribution in [0.3, 0.4) is 0 Å². The van der Waals surface area contributed by atoms with Crippen molar-refractivity contribution in [3.63, 3.8) is 0 Å². The van der Waals surface area contributed by atoms with Gasteiger partial charge in [0.25, 0.3) is 0 Å². The smallest absolute Gasteiger partial charge is 0.126 e. The van der Waals surface area contributed by atoms with Crippen molar-refractivity contribution in [2.75, 3.05) is 12.5 Å². The van der Waals surface area contributed by atoms with Gasteiger partial charge >= 0.3 is 0 Å². The summed E-state index contributed by atoms with van der Waals surface area (Å²) >= 11 is 5.93. The van der Waals surface area contributed by atoms with Crippen LogP contribution in [0, 0.1) is 5.82 Å². The van der Waals surface area contributed by atoms with Gasteiger partial charge in [0.2, 0.25) is 0 Å². The van der Waals surface area contributed by atoms with Crippen molar-refractivity contribution in [3.05, 3.63) is 35.6 Å². The Morgan fingerprint density at radius 1 is 1.44 bits per heavy atom. The maximum atomic E-state index is 13.6. The Kier molecular flexibility index (Phi) is 4.19. The Morgan fingerprint density at radius 3 is 2.88 bits per heavy atom. The molecule has 2 unspecified atom stereocenters. The first kappa shape index (κ1) is 11.9. The maximum absolute atomic E-state index is 13.6. The van der Waals surface area contributed by atoms with Crippen LogP contribution < -0.4 is 0 Å². The van der Waals surface area contributed by atoms with E-state index in [4.69, 9.17) is 16.3 Å². The average Bonchev–Trinajstić information content (AvgIpc) is 2.80. The van der Waals surface area contributed by atoms with Crippen molar-refractivity contribution >= 4 is 11.6 Å². The highest BCUT2D eigenvalue weighted by Gasteiger charge is 2.23. The van der Waals surface area contributed by atoms with Gasteiger partial charge in [-0.1, -0.05) is 18.2 Å². The second-order valence-electron chi connectivity index (χ2n) is 4.24. The predicted molar refractivity (Wildman–Crippen MR) is 63.5 cm³/mol. The minimum Gasteiger partial charge on any atom is -0.378 e. The van der Waals surface area contributed by atoms with Crippen LogP contribution in [0.2, 0.25) is 0 Å². The summed E-state index contributed by atoms with van der Waals surface area (Å²) in [4.78, 5) is 0. The third kappa shape index (κ3) is 2.74. The van der Waals surface area contributed by atoms with E-state index in [1.807, 2.05) is 12.1 Å². The molecule has 1 heterocycles. The molecule has 1 aromatic carbocycles. The van der Waals surface area contributed by atoms with Gasteiger partial charge in [-0.25, -0.2) is 4.39 Å². The SMILES string of the molecule is Fc1ccccc1C(CCl)CC1CCCO1. The first-order chi connectivity index (χ1) is 7.81. The summed E-state index contributed by atoms with van der Waals surface area (Å²) in [6, 6.07) is 6.87. The van der Waals surface area contributed by atoms with Gasteiger partial charge < -0.3 is 4.74 Å². The molecule has 1 aliphatic heterocycles. The molecule has 1 fully saturated rings. The van der Waals surface area contributed by atoms with Crippen molar-refractivity contribution in [1.82, 2.24) is 0 Å². The number of alkyl halides is 1. The van der Waals surface area contributed by atoms with Crippen LogP contribution >= 0.6 is 11.6 Å². The molecule has 16 heavy (non-hydrogen) atoms. The first-order valence-electron chi connectivity index (χ1n) is 5.73. The fraction of sp³-hybridized carbons (Fsp3) is 0.538.